The van der Waals surface area contributed by atoms with E-state index in [-0.39, 0.29) is 12.2 Å². The lowest BCUT2D eigenvalue weighted by Crippen LogP contribution is -2.19. The maximum Gasteiger partial charge on any atom is 0.340 e. The zero-order valence-electron chi connectivity index (χ0n) is 15.3. The Hall–Kier alpha value is -3.40. The minimum Gasteiger partial charge on any atom is -0.456 e. The molecule has 0 radical (unpaired) electrons. The fourth-order valence-corrected chi connectivity index (χ4v) is 4.78. The van der Waals surface area contributed by atoms with Gasteiger partial charge in [0.2, 0.25) is 0 Å². The summed E-state index contributed by atoms with van der Waals surface area (Å²) >= 11 is 1.55. The molecule has 4 aromatic rings. The number of ether oxygens (including phenoxy) is 1. The second-order valence-corrected chi connectivity index (χ2v) is 7.79. The highest BCUT2D eigenvalue weighted by Gasteiger charge is 2.19. The van der Waals surface area contributed by atoms with Crippen molar-refractivity contribution in [1.82, 2.24) is 29.6 Å². The van der Waals surface area contributed by atoms with Gasteiger partial charge in [-0.1, -0.05) is 12.1 Å². The second kappa shape index (κ2) is 7.21. The highest BCUT2D eigenvalue weighted by molar-refractivity contribution is 7.17. The third-order valence-corrected chi connectivity index (χ3v) is 6.03. The average Bonchev–Trinajstić information content (AvgIpc) is 3.40. The van der Waals surface area contributed by atoms with Crippen molar-refractivity contribution in [3.05, 3.63) is 68.8 Å². The maximum absolute atomic E-state index is 12.6. The number of benzene rings is 1. The van der Waals surface area contributed by atoms with Gasteiger partial charge in [-0.25, -0.2) is 9.78 Å². The van der Waals surface area contributed by atoms with Crippen molar-refractivity contribution in [2.24, 2.45) is 0 Å². The topological polar surface area (TPSA) is 104 Å². The zero-order chi connectivity index (χ0) is 19.8. The molecule has 1 aliphatic rings. The summed E-state index contributed by atoms with van der Waals surface area (Å²) in [5, 5.41) is 11.0. The first-order valence-electron chi connectivity index (χ1n) is 9.23. The second-order valence-electron chi connectivity index (χ2n) is 6.73. The van der Waals surface area contributed by atoms with E-state index in [1.807, 2.05) is 0 Å². The van der Waals surface area contributed by atoms with Crippen LogP contribution in [0.25, 0.3) is 10.6 Å². The highest BCUT2D eigenvalue weighted by atomic mass is 32.1. The molecule has 0 aliphatic heterocycles. The van der Waals surface area contributed by atoms with Gasteiger partial charge in [-0.3, -0.25) is 9.20 Å². The van der Waals surface area contributed by atoms with E-state index in [1.165, 1.54) is 22.0 Å². The van der Waals surface area contributed by atoms with Crippen LogP contribution < -0.4 is 5.56 Å². The van der Waals surface area contributed by atoms with Crippen molar-refractivity contribution in [2.45, 2.75) is 32.3 Å². The van der Waals surface area contributed by atoms with Crippen LogP contribution in [0, 0.1) is 0 Å². The first-order chi connectivity index (χ1) is 14.2. The Morgan fingerprint density at radius 3 is 2.93 bits per heavy atom. The fourth-order valence-electron chi connectivity index (χ4n) is 3.55. The molecule has 0 saturated carbocycles. The van der Waals surface area contributed by atoms with Crippen LogP contribution >= 0.6 is 11.3 Å². The van der Waals surface area contributed by atoms with E-state index in [1.54, 1.807) is 40.0 Å². The summed E-state index contributed by atoms with van der Waals surface area (Å²) in [7, 11) is 0. The third kappa shape index (κ3) is 3.21. The number of para-hydroxylation sites is 1. The van der Waals surface area contributed by atoms with Crippen molar-refractivity contribution < 1.29 is 9.53 Å². The molecule has 3 heterocycles. The van der Waals surface area contributed by atoms with Crippen molar-refractivity contribution >= 4 is 22.3 Å². The number of rotatable bonds is 4. The lowest BCUT2D eigenvalue weighted by molar-refractivity contribution is 0.0467. The smallest absolute Gasteiger partial charge is 0.340 e. The Labute approximate surface area is 168 Å². The lowest BCUT2D eigenvalue weighted by atomic mass is 10.0. The molecule has 0 bridgehead atoms. The number of carbonyl (C=O) groups is 1. The summed E-state index contributed by atoms with van der Waals surface area (Å²) in [6.07, 6.45) is 5.52. The van der Waals surface area contributed by atoms with Gasteiger partial charge >= 0.3 is 5.97 Å². The van der Waals surface area contributed by atoms with Crippen LogP contribution in [0.4, 0.5) is 0 Å². The van der Waals surface area contributed by atoms with Crippen LogP contribution in [-0.4, -0.2) is 35.6 Å². The van der Waals surface area contributed by atoms with Gasteiger partial charge in [0.1, 0.15) is 12.9 Å². The van der Waals surface area contributed by atoms with Gasteiger partial charge in [0, 0.05) is 16.6 Å². The molecule has 5 rings (SSSR count). The van der Waals surface area contributed by atoms with Gasteiger partial charge < -0.3 is 4.74 Å². The number of tetrazole rings is 1. The van der Waals surface area contributed by atoms with Gasteiger partial charge in [-0.15, -0.1) is 16.4 Å². The molecule has 0 atom stereocenters. The molecule has 0 saturated heterocycles. The monoisotopic (exact) mass is 408 g/mol. The summed E-state index contributed by atoms with van der Waals surface area (Å²) in [5.41, 5.74) is 2.21. The number of carbonyl (C=O) groups excluding carboxylic acids is 1. The summed E-state index contributed by atoms with van der Waals surface area (Å²) in [4.78, 5) is 31.7. The van der Waals surface area contributed by atoms with Crippen molar-refractivity contribution in [3.8, 4) is 5.69 Å². The molecule has 3 aromatic heterocycles. The molecule has 0 amide bonds. The Kier molecular flexibility index (Phi) is 4.39. The molecule has 0 N–H and O–H groups in total. The molecule has 1 aliphatic carbocycles. The normalized spacial score (nSPS) is 13.4. The Balaban J connectivity index is 1.40. The zero-order valence-corrected chi connectivity index (χ0v) is 16.1. The van der Waals surface area contributed by atoms with Crippen LogP contribution in [0.3, 0.4) is 0 Å². The molecular weight excluding hydrogens is 392 g/mol. The molecule has 0 spiro atoms. The van der Waals surface area contributed by atoms with Gasteiger partial charge in [-0.05, 0) is 48.2 Å². The van der Waals surface area contributed by atoms with Crippen molar-refractivity contribution in [1.29, 1.82) is 0 Å². The van der Waals surface area contributed by atoms with Gasteiger partial charge in [0.15, 0.2) is 4.96 Å². The molecule has 0 unspecified atom stereocenters. The van der Waals surface area contributed by atoms with Gasteiger partial charge in [0.25, 0.3) is 5.56 Å². The minimum atomic E-state index is -0.538. The number of aryl methyl sites for hydroxylation is 2. The van der Waals surface area contributed by atoms with E-state index in [0.29, 0.717) is 21.9 Å². The minimum absolute atomic E-state index is 0.0862. The van der Waals surface area contributed by atoms with Crippen LogP contribution in [0.2, 0.25) is 0 Å². The number of esters is 1. The number of hydrogen-bond donors (Lipinski definition) is 0. The molecule has 146 valence electrons. The lowest BCUT2D eigenvalue weighted by Gasteiger charge is -2.10. The fraction of sp³-hybridized carbons (Fsp3) is 0.263. The number of thiazole rings is 1. The van der Waals surface area contributed by atoms with E-state index >= 15 is 0 Å². The van der Waals surface area contributed by atoms with Gasteiger partial charge in [0.05, 0.1) is 16.9 Å². The summed E-state index contributed by atoms with van der Waals surface area (Å²) in [6, 6.07) is 8.31. The van der Waals surface area contributed by atoms with E-state index < -0.39 is 5.97 Å². The Morgan fingerprint density at radius 2 is 2.07 bits per heavy atom. The summed E-state index contributed by atoms with van der Waals surface area (Å²) in [6.45, 7) is -0.0862. The van der Waals surface area contributed by atoms with E-state index in [9.17, 15) is 9.59 Å². The van der Waals surface area contributed by atoms with Crippen LogP contribution in [0.1, 0.15) is 39.5 Å². The number of hydrogen-bond acceptors (Lipinski definition) is 8. The quantitative estimate of drug-likeness (QED) is 0.476. The number of fused-ring (bicyclic) bond motifs is 3. The van der Waals surface area contributed by atoms with E-state index in [4.69, 9.17) is 4.74 Å². The number of aromatic nitrogens is 6. The highest BCUT2D eigenvalue weighted by Crippen LogP contribution is 2.28. The molecule has 29 heavy (non-hydrogen) atoms. The molecule has 0 fully saturated rings. The SMILES string of the molecule is O=C(OCc1cc(=O)n2c3c(sc2n1)CCCC3)c1ccccc1-n1cnnn1. The molecule has 9 nitrogen and oxygen atoms in total. The third-order valence-electron chi connectivity index (χ3n) is 4.89. The largest absolute Gasteiger partial charge is 0.456 e. The maximum atomic E-state index is 12.6. The van der Waals surface area contributed by atoms with E-state index in [0.717, 1.165) is 31.4 Å². The first-order valence-corrected chi connectivity index (χ1v) is 10.0. The van der Waals surface area contributed by atoms with Crippen LogP contribution in [-0.2, 0) is 24.2 Å². The van der Waals surface area contributed by atoms with Crippen molar-refractivity contribution in [3.63, 3.8) is 0 Å². The standard InChI is InChI=1S/C19H16N6O3S/c26-17-9-12(21-19-25(17)15-7-3-4-8-16(15)29-19)10-28-18(27)13-5-1-2-6-14(13)24-11-20-22-23-24/h1-2,5-6,9,11H,3-4,7-8,10H2. The van der Waals surface area contributed by atoms with Crippen LogP contribution in [0.15, 0.2) is 41.5 Å². The van der Waals surface area contributed by atoms with Crippen molar-refractivity contribution in [2.75, 3.05) is 0 Å². The Bertz CT molecular complexity index is 1260. The molecule has 10 heteroatoms. The predicted molar refractivity (Wildman–Crippen MR) is 104 cm³/mol. The summed E-state index contributed by atoms with van der Waals surface area (Å²) < 4.78 is 8.52. The summed E-state index contributed by atoms with van der Waals surface area (Å²) in [5.74, 6) is -0.538. The van der Waals surface area contributed by atoms with E-state index in [2.05, 4.69) is 20.5 Å². The first kappa shape index (κ1) is 17.7. The van der Waals surface area contributed by atoms with Gasteiger partial charge in [-0.2, -0.15) is 4.68 Å². The predicted octanol–water partition coefficient (Wildman–Crippen LogP) is 1.97. The number of nitrogens with zero attached hydrogens (tertiary/aromatic N) is 6. The Morgan fingerprint density at radius 1 is 1.21 bits per heavy atom. The average molecular weight is 408 g/mol. The molecule has 1 aromatic carbocycles. The molecular formula is C19H16N6O3S. The van der Waals surface area contributed by atoms with Crippen LogP contribution in [0.5, 0.6) is 0 Å².